The van der Waals surface area contributed by atoms with Crippen LogP contribution in [-0.4, -0.2) is 39.4 Å². The molecule has 0 amide bonds. The molecular weight excluding hydrogens is 268 g/mol. The summed E-state index contributed by atoms with van der Waals surface area (Å²) in [5.74, 6) is 0.299. The molecule has 1 aromatic carbocycles. The van der Waals surface area contributed by atoms with Gasteiger partial charge in [0.2, 0.25) is 0 Å². The number of nitrogens with two attached hydrogens (primary N) is 1. The maximum atomic E-state index is 11.8. The van der Waals surface area contributed by atoms with Crippen LogP contribution >= 0.6 is 0 Å². The van der Waals surface area contributed by atoms with E-state index in [1.807, 2.05) is 13.1 Å². The molecule has 1 aliphatic rings. The summed E-state index contributed by atoms with van der Waals surface area (Å²) in [6.07, 6.45) is 2.14. The van der Waals surface area contributed by atoms with E-state index in [1.54, 1.807) is 19.1 Å². The highest BCUT2D eigenvalue weighted by molar-refractivity contribution is 5.92. The molecule has 0 aliphatic carbocycles. The van der Waals surface area contributed by atoms with Crippen molar-refractivity contribution in [3.8, 4) is 0 Å². The molecular formula is C16H24N2O3. The van der Waals surface area contributed by atoms with Crippen LogP contribution in [0.2, 0.25) is 0 Å². The Balaban J connectivity index is 2.09. The number of benzene rings is 1. The van der Waals surface area contributed by atoms with E-state index in [2.05, 4.69) is 4.90 Å². The fourth-order valence-corrected chi connectivity index (χ4v) is 2.63. The molecule has 2 N–H and O–H groups in total. The molecule has 116 valence electrons. The lowest BCUT2D eigenvalue weighted by Gasteiger charge is -2.29. The lowest BCUT2D eigenvalue weighted by Crippen LogP contribution is -2.30. The Morgan fingerprint density at radius 2 is 2.14 bits per heavy atom. The van der Waals surface area contributed by atoms with Crippen molar-refractivity contribution < 1.29 is 14.3 Å². The van der Waals surface area contributed by atoms with Gasteiger partial charge in [0, 0.05) is 26.8 Å². The van der Waals surface area contributed by atoms with Crippen molar-refractivity contribution in [1.29, 1.82) is 0 Å². The van der Waals surface area contributed by atoms with Crippen molar-refractivity contribution in [1.82, 2.24) is 0 Å². The number of hydrogen-bond acceptors (Lipinski definition) is 5. The van der Waals surface area contributed by atoms with E-state index in [0.717, 1.165) is 38.3 Å². The third-order valence-electron chi connectivity index (χ3n) is 3.83. The van der Waals surface area contributed by atoms with Crippen molar-refractivity contribution in [3.05, 3.63) is 23.8 Å². The molecule has 0 radical (unpaired) electrons. The van der Waals surface area contributed by atoms with E-state index in [4.69, 9.17) is 15.2 Å². The predicted molar refractivity (Wildman–Crippen MR) is 83.6 cm³/mol. The lowest BCUT2D eigenvalue weighted by atomic mass is 9.99. The number of nitrogens with zero attached hydrogens (tertiary/aromatic N) is 1. The van der Waals surface area contributed by atoms with Crippen LogP contribution in [0.25, 0.3) is 0 Å². The first-order valence-electron chi connectivity index (χ1n) is 7.47. The summed E-state index contributed by atoms with van der Waals surface area (Å²) in [6, 6.07) is 5.29. The summed E-state index contributed by atoms with van der Waals surface area (Å²) in [5, 5.41) is 0. The van der Waals surface area contributed by atoms with Crippen molar-refractivity contribution in [3.63, 3.8) is 0 Å². The third-order valence-corrected chi connectivity index (χ3v) is 3.83. The average molecular weight is 292 g/mol. The van der Waals surface area contributed by atoms with Gasteiger partial charge >= 0.3 is 5.97 Å². The number of carbonyl (C=O) groups is 1. The first-order chi connectivity index (χ1) is 10.1. The maximum Gasteiger partial charge on any atom is 0.338 e. The second-order valence-corrected chi connectivity index (χ2v) is 5.43. The second-order valence-electron chi connectivity index (χ2n) is 5.43. The molecule has 0 saturated carbocycles. The molecule has 1 saturated heterocycles. The smallest absolute Gasteiger partial charge is 0.338 e. The van der Waals surface area contributed by atoms with Crippen LogP contribution in [-0.2, 0) is 9.47 Å². The van der Waals surface area contributed by atoms with E-state index in [0.29, 0.717) is 23.8 Å². The van der Waals surface area contributed by atoms with Gasteiger partial charge in [-0.1, -0.05) is 0 Å². The quantitative estimate of drug-likeness (QED) is 0.666. The summed E-state index contributed by atoms with van der Waals surface area (Å²) >= 11 is 0. The fourth-order valence-electron chi connectivity index (χ4n) is 2.63. The van der Waals surface area contributed by atoms with Gasteiger partial charge in [-0.25, -0.2) is 4.79 Å². The molecule has 2 rings (SSSR count). The standard InChI is InChI=1S/C16H24N2O3/c1-3-21-16(19)13-4-5-14(17)15(10-13)18(2)11-12-6-8-20-9-7-12/h4-5,10,12H,3,6-9,11,17H2,1-2H3. The van der Waals surface area contributed by atoms with E-state index in [-0.39, 0.29) is 5.97 Å². The maximum absolute atomic E-state index is 11.8. The van der Waals surface area contributed by atoms with Crippen LogP contribution in [0.5, 0.6) is 0 Å². The largest absolute Gasteiger partial charge is 0.462 e. The third kappa shape index (κ3) is 4.11. The number of nitrogen functional groups attached to an aromatic ring is 1. The highest BCUT2D eigenvalue weighted by Gasteiger charge is 2.18. The van der Waals surface area contributed by atoms with Gasteiger partial charge in [0.25, 0.3) is 0 Å². The summed E-state index contributed by atoms with van der Waals surface area (Å²) < 4.78 is 10.4. The number of carbonyl (C=O) groups excluding carboxylic acids is 1. The molecule has 1 aliphatic heterocycles. The predicted octanol–water partition coefficient (Wildman–Crippen LogP) is 2.31. The summed E-state index contributed by atoms with van der Waals surface area (Å²) in [4.78, 5) is 13.9. The Hall–Kier alpha value is -1.75. The Bertz CT molecular complexity index is 484. The Kier molecular flexibility index (Phi) is 5.44. The Morgan fingerprint density at radius 1 is 1.43 bits per heavy atom. The molecule has 0 bridgehead atoms. The second kappa shape index (κ2) is 7.31. The molecule has 0 unspecified atom stereocenters. The summed E-state index contributed by atoms with van der Waals surface area (Å²) in [5.41, 5.74) is 8.15. The number of esters is 1. The van der Waals surface area contributed by atoms with Gasteiger partial charge in [0.15, 0.2) is 0 Å². The van der Waals surface area contributed by atoms with Crippen LogP contribution in [0.4, 0.5) is 11.4 Å². The topological polar surface area (TPSA) is 64.8 Å². The zero-order valence-corrected chi connectivity index (χ0v) is 12.8. The van der Waals surface area contributed by atoms with Crippen LogP contribution in [0, 0.1) is 5.92 Å². The van der Waals surface area contributed by atoms with Gasteiger partial charge in [0.1, 0.15) is 0 Å². The van der Waals surface area contributed by atoms with Crippen LogP contribution in [0.3, 0.4) is 0 Å². The molecule has 0 spiro atoms. The number of rotatable bonds is 5. The van der Waals surface area contributed by atoms with Crippen molar-refractivity contribution in [2.75, 3.05) is 44.0 Å². The minimum absolute atomic E-state index is 0.307. The minimum atomic E-state index is -0.307. The van der Waals surface area contributed by atoms with Crippen LogP contribution < -0.4 is 10.6 Å². The minimum Gasteiger partial charge on any atom is -0.462 e. The molecule has 1 fully saturated rings. The number of ether oxygens (including phenoxy) is 2. The first kappa shape index (κ1) is 15.6. The molecule has 5 nitrogen and oxygen atoms in total. The van der Waals surface area contributed by atoms with Crippen molar-refractivity contribution in [2.45, 2.75) is 19.8 Å². The molecule has 0 atom stereocenters. The van der Waals surface area contributed by atoms with Gasteiger partial charge in [0.05, 0.1) is 23.5 Å². The molecule has 1 aromatic rings. The van der Waals surface area contributed by atoms with E-state index in [1.165, 1.54) is 0 Å². The first-order valence-corrected chi connectivity index (χ1v) is 7.47. The molecule has 1 heterocycles. The Morgan fingerprint density at radius 3 is 2.81 bits per heavy atom. The van der Waals surface area contributed by atoms with Crippen molar-refractivity contribution in [2.24, 2.45) is 5.92 Å². The monoisotopic (exact) mass is 292 g/mol. The summed E-state index contributed by atoms with van der Waals surface area (Å²) in [6.45, 7) is 4.75. The molecule has 0 aromatic heterocycles. The SMILES string of the molecule is CCOC(=O)c1ccc(N)c(N(C)CC2CCOCC2)c1. The summed E-state index contributed by atoms with van der Waals surface area (Å²) in [7, 11) is 2.01. The highest BCUT2D eigenvalue weighted by Crippen LogP contribution is 2.26. The van der Waals surface area contributed by atoms with Gasteiger partial charge in [-0.3, -0.25) is 0 Å². The van der Waals surface area contributed by atoms with Gasteiger partial charge < -0.3 is 20.1 Å². The van der Waals surface area contributed by atoms with Gasteiger partial charge in [-0.2, -0.15) is 0 Å². The number of anilines is 2. The van der Waals surface area contributed by atoms with Crippen LogP contribution in [0.15, 0.2) is 18.2 Å². The zero-order valence-electron chi connectivity index (χ0n) is 12.8. The lowest BCUT2D eigenvalue weighted by molar-refractivity contribution is 0.0526. The fraction of sp³-hybridized carbons (Fsp3) is 0.562. The number of hydrogen-bond donors (Lipinski definition) is 1. The van der Waals surface area contributed by atoms with Gasteiger partial charge in [-0.05, 0) is 43.9 Å². The van der Waals surface area contributed by atoms with E-state index < -0.39 is 0 Å². The molecule has 21 heavy (non-hydrogen) atoms. The van der Waals surface area contributed by atoms with Gasteiger partial charge in [-0.15, -0.1) is 0 Å². The zero-order chi connectivity index (χ0) is 15.2. The highest BCUT2D eigenvalue weighted by atomic mass is 16.5. The molecule has 5 heteroatoms. The van der Waals surface area contributed by atoms with E-state index in [9.17, 15) is 4.79 Å². The van der Waals surface area contributed by atoms with E-state index >= 15 is 0 Å². The van der Waals surface area contributed by atoms with Crippen molar-refractivity contribution >= 4 is 17.3 Å². The average Bonchev–Trinajstić information content (AvgIpc) is 2.48. The Labute approximate surface area is 126 Å². The van der Waals surface area contributed by atoms with Crippen LogP contribution in [0.1, 0.15) is 30.1 Å². The normalized spacial score (nSPS) is 15.7.